The van der Waals surface area contributed by atoms with E-state index in [1.807, 2.05) is 48.2 Å². The van der Waals surface area contributed by atoms with Crippen molar-refractivity contribution >= 4 is 5.91 Å². The number of carbonyl (C=O) groups is 1. The summed E-state index contributed by atoms with van der Waals surface area (Å²) in [4.78, 5) is 19.7. The number of likely N-dealkylation sites (tertiary alicyclic amines) is 1. The van der Waals surface area contributed by atoms with Gasteiger partial charge in [0.1, 0.15) is 0 Å². The summed E-state index contributed by atoms with van der Waals surface area (Å²) >= 11 is 0. The number of amides is 1. The lowest BCUT2D eigenvalue weighted by molar-refractivity contribution is 0.0222. The van der Waals surface area contributed by atoms with Gasteiger partial charge in [-0.15, -0.1) is 0 Å². The second kappa shape index (κ2) is 8.00. The molecule has 1 fully saturated rings. The normalized spacial score (nSPS) is 20.2. The van der Waals surface area contributed by atoms with Crippen LogP contribution in [0.15, 0.2) is 42.6 Å². The van der Waals surface area contributed by atoms with Crippen LogP contribution in [0.1, 0.15) is 48.7 Å². The van der Waals surface area contributed by atoms with Crippen molar-refractivity contribution in [3.8, 4) is 11.1 Å². The highest BCUT2D eigenvalue weighted by Crippen LogP contribution is 2.36. The first-order valence-electron chi connectivity index (χ1n) is 9.51. The second-order valence-corrected chi connectivity index (χ2v) is 7.42. The zero-order chi connectivity index (χ0) is 18.6. The minimum atomic E-state index is -0.161. The van der Waals surface area contributed by atoms with Gasteiger partial charge in [-0.05, 0) is 43.4 Å². The highest BCUT2D eigenvalue weighted by molar-refractivity contribution is 6.01. The average Bonchev–Trinajstić information content (AvgIpc) is 2.68. The van der Waals surface area contributed by atoms with E-state index in [2.05, 4.69) is 11.9 Å². The Balaban J connectivity index is 1.95. The Morgan fingerprint density at radius 1 is 1.27 bits per heavy atom. The molecule has 1 unspecified atom stereocenters. The molecule has 1 atom stereocenters. The van der Waals surface area contributed by atoms with Gasteiger partial charge in [-0.1, -0.05) is 43.7 Å². The highest BCUT2D eigenvalue weighted by Gasteiger charge is 2.37. The molecule has 0 radical (unpaired) electrons. The first kappa shape index (κ1) is 18.6. The Labute approximate surface area is 155 Å². The Hall–Kier alpha value is -2.20. The van der Waals surface area contributed by atoms with Crippen LogP contribution in [-0.4, -0.2) is 40.6 Å². The van der Waals surface area contributed by atoms with E-state index in [1.54, 1.807) is 6.20 Å². The number of hydrogen-bond acceptors (Lipinski definition) is 3. The maximum atomic E-state index is 13.4. The molecular formula is C22H28N2O2. The molecule has 1 saturated heterocycles. The lowest BCUT2D eigenvalue weighted by Gasteiger charge is -2.42. The van der Waals surface area contributed by atoms with Gasteiger partial charge in [0.2, 0.25) is 0 Å². The largest absolute Gasteiger partial charge is 0.396 e. The minimum Gasteiger partial charge on any atom is -0.396 e. The Bertz CT molecular complexity index is 756. The number of rotatable bonds is 5. The van der Waals surface area contributed by atoms with Crippen LogP contribution in [0.3, 0.4) is 0 Å². The van der Waals surface area contributed by atoms with Gasteiger partial charge in [-0.2, -0.15) is 0 Å². The third kappa shape index (κ3) is 3.65. The van der Waals surface area contributed by atoms with Crippen LogP contribution in [-0.2, 0) is 0 Å². The van der Waals surface area contributed by atoms with Gasteiger partial charge in [0.05, 0.1) is 17.9 Å². The van der Waals surface area contributed by atoms with Crippen LogP contribution in [0.25, 0.3) is 11.1 Å². The van der Waals surface area contributed by atoms with Gasteiger partial charge < -0.3 is 10.0 Å². The molecule has 0 saturated carbocycles. The number of aryl methyl sites for hydroxylation is 1. The predicted molar refractivity (Wildman–Crippen MR) is 104 cm³/mol. The highest BCUT2D eigenvalue weighted by atomic mass is 16.3. The summed E-state index contributed by atoms with van der Waals surface area (Å²) in [6.07, 6.45) is 5.65. The quantitative estimate of drug-likeness (QED) is 0.882. The van der Waals surface area contributed by atoms with Gasteiger partial charge in [-0.25, -0.2) is 0 Å². The molecular weight excluding hydrogens is 324 g/mol. The molecule has 26 heavy (non-hydrogen) atoms. The zero-order valence-electron chi connectivity index (χ0n) is 15.7. The van der Waals surface area contributed by atoms with E-state index >= 15 is 0 Å². The van der Waals surface area contributed by atoms with Crippen molar-refractivity contribution < 1.29 is 9.90 Å². The Morgan fingerprint density at radius 2 is 2.04 bits per heavy atom. The third-order valence-corrected chi connectivity index (χ3v) is 5.50. The van der Waals surface area contributed by atoms with Gasteiger partial charge in [0.25, 0.3) is 5.91 Å². The van der Waals surface area contributed by atoms with E-state index in [1.165, 1.54) is 0 Å². The molecule has 1 N–H and O–H groups in total. The van der Waals surface area contributed by atoms with Crippen LogP contribution in [0.5, 0.6) is 0 Å². The van der Waals surface area contributed by atoms with Gasteiger partial charge in [0, 0.05) is 24.7 Å². The molecule has 0 bridgehead atoms. The van der Waals surface area contributed by atoms with Crippen LogP contribution < -0.4 is 0 Å². The minimum absolute atomic E-state index is 0.0306. The summed E-state index contributed by atoms with van der Waals surface area (Å²) in [5.41, 5.74) is 3.24. The topological polar surface area (TPSA) is 53.4 Å². The van der Waals surface area contributed by atoms with Crippen LogP contribution in [0.2, 0.25) is 0 Å². The summed E-state index contributed by atoms with van der Waals surface area (Å²) in [7, 11) is 0. The molecule has 3 rings (SSSR count). The number of nitrogens with zero attached hydrogens (tertiary/aromatic N) is 2. The number of aromatic nitrogens is 1. The van der Waals surface area contributed by atoms with E-state index in [0.29, 0.717) is 12.1 Å². The molecule has 0 spiro atoms. The van der Waals surface area contributed by atoms with Crippen molar-refractivity contribution in [2.24, 2.45) is 5.41 Å². The number of piperidine rings is 1. The fourth-order valence-corrected chi connectivity index (χ4v) is 4.18. The van der Waals surface area contributed by atoms with Gasteiger partial charge in [-0.3, -0.25) is 9.78 Å². The molecule has 138 valence electrons. The van der Waals surface area contributed by atoms with Crippen LogP contribution in [0.4, 0.5) is 0 Å². The molecule has 1 amide bonds. The molecule has 1 aromatic heterocycles. The standard InChI is InChI=1S/C22H28N2O2/c1-3-11-22(16-25)12-7-14-24(15-22)21(26)20-17(2)23-13-10-19(20)18-8-5-4-6-9-18/h4-6,8-10,13,25H,3,7,11-12,14-16H2,1-2H3. The number of pyridine rings is 1. The number of carbonyl (C=O) groups excluding carboxylic acids is 1. The van der Waals surface area contributed by atoms with Gasteiger partial charge >= 0.3 is 0 Å². The first-order chi connectivity index (χ1) is 12.6. The zero-order valence-corrected chi connectivity index (χ0v) is 15.7. The van der Waals surface area contributed by atoms with E-state index in [4.69, 9.17) is 0 Å². The molecule has 0 aliphatic carbocycles. The smallest absolute Gasteiger partial charge is 0.256 e. The number of aliphatic hydroxyl groups is 1. The van der Waals surface area contributed by atoms with E-state index < -0.39 is 0 Å². The van der Waals surface area contributed by atoms with Crippen molar-refractivity contribution in [2.75, 3.05) is 19.7 Å². The number of hydrogen-bond donors (Lipinski definition) is 1. The molecule has 2 heterocycles. The average molecular weight is 352 g/mol. The van der Waals surface area contributed by atoms with Crippen LogP contribution >= 0.6 is 0 Å². The lowest BCUT2D eigenvalue weighted by atomic mass is 9.77. The third-order valence-electron chi connectivity index (χ3n) is 5.50. The van der Waals surface area contributed by atoms with Crippen LogP contribution in [0, 0.1) is 12.3 Å². The first-order valence-corrected chi connectivity index (χ1v) is 9.51. The van der Waals surface area contributed by atoms with E-state index in [-0.39, 0.29) is 17.9 Å². The van der Waals surface area contributed by atoms with Crippen molar-refractivity contribution in [3.05, 3.63) is 53.9 Å². The summed E-state index contributed by atoms with van der Waals surface area (Å²) in [5.74, 6) is 0.0306. The summed E-state index contributed by atoms with van der Waals surface area (Å²) in [6.45, 7) is 5.54. The molecule has 2 aromatic rings. The van der Waals surface area contributed by atoms with Crippen molar-refractivity contribution in [3.63, 3.8) is 0 Å². The van der Waals surface area contributed by atoms with Gasteiger partial charge in [0.15, 0.2) is 0 Å². The molecule has 4 nitrogen and oxygen atoms in total. The SMILES string of the molecule is CCCC1(CO)CCCN(C(=O)c2c(-c3ccccc3)ccnc2C)C1. The number of aliphatic hydroxyl groups excluding tert-OH is 1. The summed E-state index contributed by atoms with van der Waals surface area (Å²) in [6, 6.07) is 11.9. The Morgan fingerprint density at radius 3 is 2.73 bits per heavy atom. The van der Waals surface area contributed by atoms with Crippen molar-refractivity contribution in [1.29, 1.82) is 0 Å². The Kier molecular flexibility index (Phi) is 5.72. The summed E-state index contributed by atoms with van der Waals surface area (Å²) < 4.78 is 0. The second-order valence-electron chi connectivity index (χ2n) is 7.42. The fraction of sp³-hybridized carbons (Fsp3) is 0.455. The molecule has 1 aliphatic heterocycles. The lowest BCUT2D eigenvalue weighted by Crippen LogP contribution is -2.48. The molecule has 1 aliphatic rings. The van der Waals surface area contributed by atoms with E-state index in [9.17, 15) is 9.90 Å². The van der Waals surface area contributed by atoms with Crippen molar-refractivity contribution in [2.45, 2.75) is 39.5 Å². The van der Waals surface area contributed by atoms with Crippen molar-refractivity contribution in [1.82, 2.24) is 9.88 Å². The predicted octanol–water partition coefficient (Wildman–Crippen LogP) is 4.07. The molecule has 4 heteroatoms. The maximum absolute atomic E-state index is 13.4. The maximum Gasteiger partial charge on any atom is 0.256 e. The molecule has 1 aromatic carbocycles. The number of benzene rings is 1. The summed E-state index contributed by atoms with van der Waals surface area (Å²) in [5, 5.41) is 9.98. The fourth-order valence-electron chi connectivity index (χ4n) is 4.18. The van der Waals surface area contributed by atoms with E-state index in [0.717, 1.165) is 49.0 Å². The monoisotopic (exact) mass is 352 g/mol.